The van der Waals surface area contributed by atoms with Crippen LogP contribution in [0.2, 0.25) is 0 Å². The fraction of sp³-hybridized carbons (Fsp3) is 0.389. The van der Waals surface area contributed by atoms with E-state index in [-0.39, 0.29) is 30.4 Å². The van der Waals surface area contributed by atoms with Gasteiger partial charge in [0.1, 0.15) is 18.0 Å². The number of hydrogen-bond donors (Lipinski definition) is 0. The van der Waals surface area contributed by atoms with Gasteiger partial charge in [-0.1, -0.05) is 11.3 Å². The summed E-state index contributed by atoms with van der Waals surface area (Å²) in [6, 6.07) is 4.04. The maximum Gasteiger partial charge on any atom is 0.414 e. The number of anilines is 1. The van der Waals surface area contributed by atoms with Crippen molar-refractivity contribution >= 4 is 38.8 Å². The van der Waals surface area contributed by atoms with Gasteiger partial charge in [-0.2, -0.15) is 0 Å². The van der Waals surface area contributed by atoms with Crippen LogP contribution in [0.3, 0.4) is 0 Å². The second kappa shape index (κ2) is 7.75. The molecule has 0 spiro atoms. The highest BCUT2D eigenvalue weighted by molar-refractivity contribution is 7.91. The fourth-order valence-corrected chi connectivity index (χ4v) is 4.98. The highest BCUT2D eigenvalue weighted by atomic mass is 35.5. The minimum absolute atomic E-state index is 0.00224. The van der Waals surface area contributed by atoms with Crippen molar-refractivity contribution in [2.24, 2.45) is 0 Å². The summed E-state index contributed by atoms with van der Waals surface area (Å²) in [6.45, 7) is 0.190. The van der Waals surface area contributed by atoms with Crippen molar-refractivity contribution in [3.05, 3.63) is 48.0 Å². The van der Waals surface area contributed by atoms with Gasteiger partial charge < -0.3 is 4.74 Å². The van der Waals surface area contributed by atoms with Crippen molar-refractivity contribution < 1.29 is 22.3 Å². The monoisotopic (exact) mass is 440 g/mol. The van der Waals surface area contributed by atoms with Gasteiger partial charge >= 0.3 is 6.09 Å². The number of benzene rings is 1. The molecule has 0 radical (unpaired) electrons. The molecule has 154 valence electrons. The minimum Gasteiger partial charge on any atom is -0.442 e. The Balaban J connectivity index is 1.54. The number of sulfone groups is 1. The molecule has 1 amide bonds. The van der Waals surface area contributed by atoms with Crippen molar-refractivity contribution in [1.82, 2.24) is 15.0 Å². The van der Waals surface area contributed by atoms with Gasteiger partial charge in [0.05, 0.1) is 29.9 Å². The summed E-state index contributed by atoms with van der Waals surface area (Å²) in [5, 5.41) is 7.65. The van der Waals surface area contributed by atoms with E-state index in [0.29, 0.717) is 16.8 Å². The molecular weight excluding hydrogens is 423 g/mol. The number of rotatable bonds is 5. The van der Waals surface area contributed by atoms with Crippen LogP contribution >= 0.6 is 11.6 Å². The third kappa shape index (κ3) is 3.99. The van der Waals surface area contributed by atoms with Gasteiger partial charge in [-0.05, 0) is 30.2 Å². The van der Waals surface area contributed by atoms with Crippen LogP contribution in [0, 0.1) is 5.82 Å². The van der Waals surface area contributed by atoms with Crippen LogP contribution in [0.5, 0.6) is 0 Å². The third-order valence-corrected chi connectivity index (χ3v) is 6.90. The molecule has 1 aromatic heterocycles. The molecule has 29 heavy (non-hydrogen) atoms. The lowest BCUT2D eigenvalue weighted by Gasteiger charge is -2.20. The smallest absolute Gasteiger partial charge is 0.414 e. The summed E-state index contributed by atoms with van der Waals surface area (Å²) < 4.78 is 44.8. The van der Waals surface area contributed by atoms with E-state index in [1.807, 2.05) is 0 Å². The normalized spacial score (nSPS) is 22.3. The summed E-state index contributed by atoms with van der Waals surface area (Å²) in [5.74, 6) is -0.442. The van der Waals surface area contributed by atoms with E-state index in [1.165, 1.54) is 21.8 Å². The average Bonchev–Trinajstić information content (AvgIpc) is 3.33. The van der Waals surface area contributed by atoms with E-state index in [2.05, 4.69) is 10.3 Å². The molecule has 2 aromatic rings. The van der Waals surface area contributed by atoms with Crippen LogP contribution < -0.4 is 4.90 Å². The molecule has 0 bridgehead atoms. The summed E-state index contributed by atoms with van der Waals surface area (Å²) in [6.07, 6.45) is 3.79. The number of amides is 1. The topological polar surface area (TPSA) is 94.4 Å². The van der Waals surface area contributed by atoms with Crippen molar-refractivity contribution in [2.75, 3.05) is 28.8 Å². The summed E-state index contributed by atoms with van der Waals surface area (Å²) in [4.78, 5) is 13.7. The highest BCUT2D eigenvalue weighted by Gasteiger charge is 2.38. The number of hydrogen-bond acceptors (Lipinski definition) is 6. The average molecular weight is 441 g/mol. The Hall–Kier alpha value is -2.46. The van der Waals surface area contributed by atoms with Crippen LogP contribution in [-0.2, 0) is 14.6 Å². The van der Waals surface area contributed by atoms with Crippen molar-refractivity contribution in [3.8, 4) is 0 Å². The van der Waals surface area contributed by atoms with Crippen LogP contribution in [-0.4, -0.2) is 59.5 Å². The molecule has 2 atom stereocenters. The number of aromatic nitrogens is 3. The maximum atomic E-state index is 14.7. The van der Waals surface area contributed by atoms with Gasteiger partial charge in [0, 0.05) is 17.6 Å². The lowest BCUT2D eigenvalue weighted by atomic mass is 10.0. The predicted octanol–water partition coefficient (Wildman–Crippen LogP) is 2.42. The Bertz CT molecular complexity index is 1060. The molecule has 2 aliphatic heterocycles. The van der Waals surface area contributed by atoms with Gasteiger partial charge in [0.25, 0.3) is 0 Å². The second-order valence-corrected chi connectivity index (χ2v) is 9.43. The Morgan fingerprint density at radius 1 is 1.38 bits per heavy atom. The molecule has 1 fully saturated rings. The predicted molar refractivity (Wildman–Crippen MR) is 105 cm³/mol. The van der Waals surface area contributed by atoms with Crippen molar-refractivity contribution in [3.63, 3.8) is 0 Å². The zero-order valence-corrected chi connectivity index (χ0v) is 16.8. The van der Waals surface area contributed by atoms with Gasteiger partial charge in [-0.3, -0.25) is 4.90 Å². The molecule has 2 aliphatic rings. The van der Waals surface area contributed by atoms with Gasteiger partial charge in [0.2, 0.25) is 0 Å². The van der Waals surface area contributed by atoms with Crippen molar-refractivity contribution in [2.45, 2.75) is 18.6 Å². The molecule has 11 heteroatoms. The van der Waals surface area contributed by atoms with E-state index in [9.17, 15) is 17.6 Å². The van der Waals surface area contributed by atoms with E-state index in [4.69, 9.17) is 16.3 Å². The van der Waals surface area contributed by atoms with E-state index in [0.717, 1.165) is 0 Å². The van der Waals surface area contributed by atoms with Gasteiger partial charge in [-0.25, -0.2) is 22.3 Å². The van der Waals surface area contributed by atoms with Crippen LogP contribution in [0.1, 0.15) is 18.0 Å². The molecule has 0 N–H and O–H groups in total. The Kier molecular flexibility index (Phi) is 5.30. The number of allylic oxidation sites excluding steroid dienone is 1. The zero-order chi connectivity index (χ0) is 20.6. The number of nitrogens with zero attached hydrogens (tertiary/aromatic N) is 4. The first kappa shape index (κ1) is 19.8. The Morgan fingerprint density at radius 3 is 2.83 bits per heavy atom. The molecular formula is C18H18ClFN4O4S. The summed E-state index contributed by atoms with van der Waals surface area (Å²) >= 11 is 6.03. The highest BCUT2D eigenvalue weighted by Crippen LogP contribution is 2.31. The first-order valence-corrected chi connectivity index (χ1v) is 11.3. The molecule has 1 saturated heterocycles. The Morgan fingerprint density at radius 2 is 2.21 bits per heavy atom. The number of ether oxygens (including phenoxy) is 1. The zero-order valence-electron chi connectivity index (χ0n) is 15.2. The number of halogens is 2. The van der Waals surface area contributed by atoms with Crippen molar-refractivity contribution in [1.29, 1.82) is 0 Å². The number of cyclic esters (lactones) is 1. The maximum absolute atomic E-state index is 14.7. The molecule has 0 aliphatic carbocycles. The van der Waals surface area contributed by atoms with Gasteiger partial charge in [-0.15, -0.1) is 16.7 Å². The summed E-state index contributed by atoms with van der Waals surface area (Å²) in [5.41, 5.74) is 1.35. The second-order valence-electron chi connectivity index (χ2n) is 6.90. The van der Waals surface area contributed by atoms with E-state index in [1.54, 1.807) is 24.4 Å². The van der Waals surface area contributed by atoms with Crippen LogP contribution in [0.4, 0.5) is 14.9 Å². The third-order valence-electron chi connectivity index (χ3n) is 5.08. The first-order valence-electron chi connectivity index (χ1n) is 8.97. The van der Waals surface area contributed by atoms with Crippen LogP contribution in [0.25, 0.3) is 5.57 Å². The molecule has 8 nitrogen and oxygen atoms in total. The number of carbonyl (C=O) groups excluding carboxylic acids is 1. The van der Waals surface area contributed by atoms with E-state index < -0.39 is 33.9 Å². The first-order chi connectivity index (χ1) is 13.9. The van der Waals surface area contributed by atoms with Crippen LogP contribution in [0.15, 0.2) is 36.7 Å². The summed E-state index contributed by atoms with van der Waals surface area (Å²) in [7, 11) is -3.09. The van der Waals surface area contributed by atoms with E-state index >= 15 is 0 Å². The lowest BCUT2D eigenvalue weighted by molar-refractivity contribution is 0.110. The Labute approximate surface area is 171 Å². The fourth-order valence-electron chi connectivity index (χ4n) is 3.49. The molecule has 4 rings (SSSR count). The number of alkyl halides is 1. The SMILES string of the molecule is O=C1O[C@@H](C(CCl)n2ccnn2)CN1c1ccc(C2=CCS(=O)(=O)CC2)c(F)c1. The largest absolute Gasteiger partial charge is 0.442 e. The quantitative estimate of drug-likeness (QED) is 0.663. The number of carbonyl (C=O) groups is 1. The lowest BCUT2D eigenvalue weighted by Crippen LogP contribution is -2.31. The molecule has 1 aromatic carbocycles. The minimum atomic E-state index is -3.09. The van der Waals surface area contributed by atoms with Gasteiger partial charge in [0.15, 0.2) is 9.84 Å². The molecule has 1 unspecified atom stereocenters. The molecule has 3 heterocycles. The molecule has 0 saturated carbocycles. The standard InChI is InChI=1S/C18H18ClFN4O4S/c19-10-16(24-6-5-21-22-24)17-11-23(18(25)28-17)13-1-2-14(15(20)9-13)12-3-7-29(26,27)8-4-12/h1-3,5-6,9,16-17H,4,7-8,10-11H2/t16?,17-/m1/s1.